The van der Waals surface area contributed by atoms with E-state index in [0.29, 0.717) is 0 Å². The molecule has 1 rings (SSSR count). The number of hydrogen-bond acceptors (Lipinski definition) is 4. The average Bonchev–Trinajstić information content (AvgIpc) is 2.68. The Balaban J connectivity index is 2.48. The largest absolute Gasteiger partial charge is 0.480 e. The van der Waals surface area contributed by atoms with E-state index in [1.54, 1.807) is 13.1 Å². The lowest BCUT2D eigenvalue weighted by Crippen LogP contribution is -2.41. The first kappa shape index (κ1) is 12.4. The van der Waals surface area contributed by atoms with Crippen LogP contribution in [0.5, 0.6) is 0 Å². The zero-order valence-corrected chi connectivity index (χ0v) is 9.82. The average molecular weight is 243 g/mol. The van der Waals surface area contributed by atoms with E-state index >= 15 is 0 Å². The van der Waals surface area contributed by atoms with E-state index in [-0.39, 0.29) is 12.6 Å². The number of rotatable bonds is 4. The van der Waals surface area contributed by atoms with Crippen molar-refractivity contribution in [3.63, 3.8) is 0 Å². The summed E-state index contributed by atoms with van der Waals surface area (Å²) in [6.45, 7) is 1.47. The molecule has 0 aliphatic carbocycles. The van der Waals surface area contributed by atoms with Crippen molar-refractivity contribution in [3.05, 3.63) is 16.6 Å². The normalized spacial score (nSPS) is 11.9. The van der Waals surface area contributed by atoms with Crippen molar-refractivity contribution in [2.45, 2.75) is 13.0 Å². The van der Waals surface area contributed by atoms with Gasteiger partial charge in [0, 0.05) is 18.6 Å². The van der Waals surface area contributed by atoms with Crippen LogP contribution in [0.4, 0.5) is 4.79 Å². The van der Waals surface area contributed by atoms with Crippen molar-refractivity contribution in [3.8, 4) is 0 Å². The van der Waals surface area contributed by atoms with Crippen LogP contribution in [-0.2, 0) is 4.79 Å². The second kappa shape index (κ2) is 5.45. The number of aromatic nitrogens is 1. The lowest BCUT2D eigenvalue weighted by molar-refractivity contribution is -0.137. The number of thiazole rings is 1. The minimum absolute atomic E-state index is 0.219. The summed E-state index contributed by atoms with van der Waals surface area (Å²) < 4.78 is 0. The summed E-state index contributed by atoms with van der Waals surface area (Å²) in [5.74, 6) is -1.04. The summed E-state index contributed by atoms with van der Waals surface area (Å²) in [6.07, 6.45) is 1.66. The van der Waals surface area contributed by atoms with E-state index in [1.165, 1.54) is 18.4 Å². The third-order valence-corrected chi connectivity index (χ3v) is 2.84. The Hall–Kier alpha value is -1.63. The maximum atomic E-state index is 11.5. The monoisotopic (exact) mass is 243 g/mol. The van der Waals surface area contributed by atoms with Crippen molar-refractivity contribution in [1.29, 1.82) is 0 Å². The third-order valence-electron chi connectivity index (χ3n) is 1.88. The summed E-state index contributed by atoms with van der Waals surface area (Å²) >= 11 is 1.44. The zero-order valence-electron chi connectivity index (χ0n) is 9.01. The van der Waals surface area contributed by atoms with Crippen LogP contribution in [0, 0.1) is 0 Å². The Bertz CT molecular complexity index is 366. The molecule has 6 nitrogen and oxygen atoms in total. The summed E-state index contributed by atoms with van der Waals surface area (Å²) in [4.78, 5) is 27.1. The number of carboxylic acids is 1. The number of carbonyl (C=O) groups excluding carboxylic acids is 1. The van der Waals surface area contributed by atoms with Crippen LogP contribution in [0.15, 0.2) is 11.6 Å². The molecule has 88 valence electrons. The molecule has 1 heterocycles. The second-order valence-corrected chi connectivity index (χ2v) is 4.22. The Morgan fingerprint density at radius 1 is 1.69 bits per heavy atom. The zero-order chi connectivity index (χ0) is 12.1. The lowest BCUT2D eigenvalue weighted by Gasteiger charge is -2.18. The van der Waals surface area contributed by atoms with Crippen LogP contribution >= 0.6 is 11.3 Å². The molecule has 1 aromatic heterocycles. The van der Waals surface area contributed by atoms with Crippen LogP contribution in [-0.4, -0.2) is 40.6 Å². The van der Waals surface area contributed by atoms with Crippen molar-refractivity contribution < 1.29 is 14.7 Å². The molecule has 0 saturated carbocycles. The van der Waals surface area contributed by atoms with Gasteiger partial charge in [0.1, 0.15) is 11.6 Å². The van der Waals surface area contributed by atoms with E-state index in [4.69, 9.17) is 5.11 Å². The number of nitrogens with zero attached hydrogens (tertiary/aromatic N) is 2. The van der Waals surface area contributed by atoms with Gasteiger partial charge in [0.15, 0.2) is 0 Å². The Kier molecular flexibility index (Phi) is 4.24. The number of carbonyl (C=O) groups is 2. The van der Waals surface area contributed by atoms with Gasteiger partial charge in [0.25, 0.3) is 0 Å². The number of likely N-dealkylation sites (N-methyl/N-ethyl adjacent to an activating group) is 1. The van der Waals surface area contributed by atoms with Crippen LogP contribution < -0.4 is 5.32 Å². The van der Waals surface area contributed by atoms with E-state index in [9.17, 15) is 9.59 Å². The Labute approximate surface area is 96.9 Å². The molecule has 0 aromatic carbocycles. The highest BCUT2D eigenvalue weighted by Gasteiger charge is 2.16. The molecule has 0 fully saturated rings. The highest BCUT2D eigenvalue weighted by atomic mass is 32.1. The molecule has 0 aliphatic rings. The summed E-state index contributed by atoms with van der Waals surface area (Å²) in [5, 5.41) is 13.8. The third kappa shape index (κ3) is 3.50. The first-order valence-electron chi connectivity index (χ1n) is 4.63. The predicted octanol–water partition coefficient (Wildman–Crippen LogP) is 0.930. The minimum Gasteiger partial charge on any atom is -0.480 e. The van der Waals surface area contributed by atoms with Crippen LogP contribution in [0.3, 0.4) is 0 Å². The van der Waals surface area contributed by atoms with Gasteiger partial charge in [-0.05, 0) is 6.92 Å². The molecule has 1 unspecified atom stereocenters. The molecule has 0 bridgehead atoms. The molecule has 1 atom stereocenters. The topological polar surface area (TPSA) is 82.5 Å². The van der Waals surface area contributed by atoms with Gasteiger partial charge in [-0.1, -0.05) is 0 Å². The van der Waals surface area contributed by atoms with Crippen LogP contribution in [0.1, 0.15) is 18.0 Å². The van der Waals surface area contributed by atoms with Gasteiger partial charge in [-0.15, -0.1) is 11.3 Å². The van der Waals surface area contributed by atoms with Gasteiger partial charge in [-0.25, -0.2) is 9.78 Å². The van der Waals surface area contributed by atoms with E-state index < -0.39 is 12.0 Å². The van der Waals surface area contributed by atoms with E-state index in [0.717, 1.165) is 9.91 Å². The molecule has 0 spiro atoms. The smallest absolute Gasteiger partial charge is 0.323 e. The Morgan fingerprint density at radius 3 is 2.88 bits per heavy atom. The van der Waals surface area contributed by atoms with E-state index in [1.807, 2.05) is 5.38 Å². The van der Waals surface area contributed by atoms with Gasteiger partial charge in [0.05, 0.1) is 6.04 Å². The summed E-state index contributed by atoms with van der Waals surface area (Å²) in [7, 11) is 1.43. The molecule has 2 N–H and O–H groups in total. The molecule has 0 saturated heterocycles. The molecule has 16 heavy (non-hydrogen) atoms. The van der Waals surface area contributed by atoms with Crippen molar-refractivity contribution in [1.82, 2.24) is 15.2 Å². The molecule has 1 aromatic rings. The Morgan fingerprint density at radius 2 is 2.38 bits per heavy atom. The fraction of sp³-hybridized carbons (Fsp3) is 0.444. The molecule has 0 aliphatic heterocycles. The standard InChI is InChI=1S/C9H13N3O3S/c1-6(8-10-3-4-16-8)11-9(15)12(2)5-7(13)14/h3-4,6H,5H2,1-2H3,(H,11,15)(H,13,14). The van der Waals surface area contributed by atoms with Gasteiger partial charge >= 0.3 is 12.0 Å². The van der Waals surface area contributed by atoms with Gasteiger partial charge in [-0.2, -0.15) is 0 Å². The second-order valence-electron chi connectivity index (χ2n) is 3.29. The number of amides is 2. The molecular weight excluding hydrogens is 230 g/mol. The number of aliphatic carboxylic acids is 1. The molecule has 0 radical (unpaired) electrons. The van der Waals surface area contributed by atoms with Crippen LogP contribution in [0.2, 0.25) is 0 Å². The fourth-order valence-corrected chi connectivity index (χ4v) is 1.73. The number of carboxylic acid groups (broad SMARTS) is 1. The predicted molar refractivity (Wildman–Crippen MR) is 59.3 cm³/mol. The molecule has 7 heteroatoms. The first-order chi connectivity index (χ1) is 7.50. The summed E-state index contributed by atoms with van der Waals surface area (Å²) in [6, 6.07) is -0.645. The SMILES string of the molecule is CC(NC(=O)N(C)CC(=O)O)c1nccs1. The molecule has 2 amide bonds. The minimum atomic E-state index is -1.04. The van der Waals surface area contributed by atoms with E-state index in [2.05, 4.69) is 10.3 Å². The molecular formula is C9H13N3O3S. The maximum Gasteiger partial charge on any atom is 0.323 e. The quantitative estimate of drug-likeness (QED) is 0.824. The fourth-order valence-electron chi connectivity index (χ4n) is 1.08. The highest BCUT2D eigenvalue weighted by molar-refractivity contribution is 7.09. The maximum absolute atomic E-state index is 11.5. The van der Waals surface area contributed by atoms with Crippen molar-refractivity contribution in [2.24, 2.45) is 0 Å². The number of hydrogen-bond donors (Lipinski definition) is 2. The number of urea groups is 1. The summed E-state index contributed by atoms with van der Waals surface area (Å²) in [5.41, 5.74) is 0. The number of nitrogens with one attached hydrogen (secondary N) is 1. The first-order valence-corrected chi connectivity index (χ1v) is 5.51. The van der Waals surface area contributed by atoms with Crippen molar-refractivity contribution >= 4 is 23.3 Å². The highest BCUT2D eigenvalue weighted by Crippen LogP contribution is 2.14. The lowest BCUT2D eigenvalue weighted by atomic mass is 10.3. The van der Waals surface area contributed by atoms with Gasteiger partial charge in [-0.3, -0.25) is 4.79 Å². The van der Waals surface area contributed by atoms with Crippen molar-refractivity contribution in [2.75, 3.05) is 13.6 Å². The van der Waals surface area contributed by atoms with Gasteiger partial charge < -0.3 is 15.3 Å². The van der Waals surface area contributed by atoms with Crippen LogP contribution in [0.25, 0.3) is 0 Å². The van der Waals surface area contributed by atoms with Gasteiger partial charge in [0.2, 0.25) is 0 Å².